The van der Waals surface area contributed by atoms with Crippen LogP contribution in [0.5, 0.6) is 0 Å². The Morgan fingerprint density at radius 3 is 1.93 bits per heavy atom. The van der Waals surface area contributed by atoms with Crippen LogP contribution in [0.3, 0.4) is 0 Å². The summed E-state index contributed by atoms with van der Waals surface area (Å²) >= 11 is 0. The molecular formula is C52H83N3O19. The van der Waals surface area contributed by atoms with Crippen LogP contribution in [0.1, 0.15) is 85.5 Å². The summed E-state index contributed by atoms with van der Waals surface area (Å²) in [5.74, 6) is -4.75. The van der Waals surface area contributed by atoms with Crippen molar-refractivity contribution in [2.45, 2.75) is 195 Å². The van der Waals surface area contributed by atoms with Gasteiger partial charge in [0, 0.05) is 50.5 Å². The number of nitrogens with two attached hydrogens (primary N) is 1. The van der Waals surface area contributed by atoms with E-state index in [1.54, 1.807) is 92.8 Å². The minimum absolute atomic E-state index is 0.124. The standard InChI is InChI=1S/C52H83N3O19/c1-30-18-16-14-12-10-8-6-7-9-11-13-15-17-19-37(73-50-48(66)44(53)47(65)33(4)72-50)27-42-45(55-51(68)54-23-22-39(60)49(67)70-5)41(62)29-52(69,74-42)28-36(58)25-40(61)38(59)21-20-34(56)24-35(57)26-43(63)71-32(3)31(2)46(30)64/h6-19,30-42,44-48,50,56-62,64-66,69H,20-29,53H2,1-5H3,(H2,54,55,68)/b7-6+,10-8+,11-9+,14-12+,15-13+,18-16+,19-17+/t30-,31-,32-,33+,34+,35+,36-,37-,38+,39+,40+,41-,42-,44-,45+,46+,47+,48-,50-,52+/m0/s1. The third kappa shape index (κ3) is 22.2. The number of methoxy groups -OCH3 is 1. The first-order valence-electron chi connectivity index (χ1n) is 25.2. The molecule has 0 aliphatic carbocycles. The lowest BCUT2D eigenvalue weighted by Gasteiger charge is -2.46. The van der Waals surface area contributed by atoms with E-state index in [1.807, 2.05) is 13.0 Å². The first-order chi connectivity index (χ1) is 34.9. The Hall–Kier alpha value is -4.21. The predicted octanol–water partition coefficient (Wildman–Crippen LogP) is -0.397. The summed E-state index contributed by atoms with van der Waals surface area (Å²) in [7, 11) is 1.09. The molecule has 0 saturated carbocycles. The smallest absolute Gasteiger partial charge is 0.334 e. The second kappa shape index (κ2) is 32.4. The molecule has 15 N–H and O–H groups in total. The Labute approximate surface area is 433 Å². The van der Waals surface area contributed by atoms with E-state index < -0.39 is 159 Å². The SMILES string of the molecule is COC(=O)[C@H](O)CCNC(=O)N[C@H]1[C@@H]2C[C@@H](O[C@@H]3O[C@H](C)[C@@H](O)[C@H](N)[C@@H]3O)/C=C/C=C/C=C/C=C/C=C/C=C/C=C/[C@H](C)[C@@H](O)[C@@H](C)[C@H](C)OC(=O)C[C@H](O)C[C@H](O)CC[C@@H](O)[C@H](O)C[C@H](O)C[C@](O)(C[C@@H]1O)O2. The highest BCUT2D eigenvalue weighted by atomic mass is 16.7. The minimum Gasteiger partial charge on any atom is -0.467 e. The summed E-state index contributed by atoms with van der Waals surface area (Å²) in [6.07, 6.45) is 1.76. The predicted molar refractivity (Wildman–Crippen MR) is 269 cm³/mol. The zero-order valence-electron chi connectivity index (χ0n) is 42.9. The van der Waals surface area contributed by atoms with Crippen LogP contribution < -0.4 is 16.4 Å². The lowest BCUT2D eigenvalue weighted by molar-refractivity contribution is -0.303. The fourth-order valence-electron chi connectivity index (χ4n) is 8.61. The summed E-state index contributed by atoms with van der Waals surface area (Å²) in [6.45, 7) is 6.53. The number of nitrogens with one attached hydrogen (secondary N) is 2. The van der Waals surface area contributed by atoms with E-state index >= 15 is 0 Å². The van der Waals surface area contributed by atoms with Gasteiger partial charge in [-0.25, -0.2) is 9.59 Å². The van der Waals surface area contributed by atoms with Crippen LogP contribution in [0.15, 0.2) is 85.1 Å². The van der Waals surface area contributed by atoms with Crippen LogP contribution in [0.4, 0.5) is 4.79 Å². The molecular weight excluding hydrogens is 971 g/mol. The summed E-state index contributed by atoms with van der Waals surface area (Å²) in [5, 5.41) is 125. The number of aliphatic hydroxyl groups is 11. The maximum atomic E-state index is 13.2. The number of cyclic esters (lactones) is 1. The third-order valence-electron chi connectivity index (χ3n) is 13.2. The van der Waals surface area contributed by atoms with Crippen molar-refractivity contribution in [3.8, 4) is 0 Å². The van der Waals surface area contributed by atoms with Crippen LogP contribution in [0.2, 0.25) is 0 Å². The van der Waals surface area contributed by atoms with E-state index in [-0.39, 0.29) is 44.6 Å². The van der Waals surface area contributed by atoms with Gasteiger partial charge in [0.15, 0.2) is 18.2 Å². The molecule has 0 radical (unpaired) electrons. The summed E-state index contributed by atoms with van der Waals surface area (Å²) in [4.78, 5) is 37.6. The second-order valence-electron chi connectivity index (χ2n) is 19.5. The highest BCUT2D eigenvalue weighted by molar-refractivity contribution is 5.75. The largest absolute Gasteiger partial charge is 0.467 e. The van der Waals surface area contributed by atoms with Crippen molar-refractivity contribution in [3.63, 3.8) is 0 Å². The van der Waals surface area contributed by atoms with Crippen molar-refractivity contribution in [2.75, 3.05) is 13.7 Å². The topological polar surface area (TPSA) is 370 Å². The summed E-state index contributed by atoms with van der Waals surface area (Å²) in [5.41, 5.74) is 6.10. The van der Waals surface area contributed by atoms with Gasteiger partial charge in [0.1, 0.15) is 12.2 Å². The lowest BCUT2D eigenvalue weighted by Crippen LogP contribution is -2.64. The quantitative estimate of drug-likeness (QED) is 0.144. The van der Waals surface area contributed by atoms with Crippen molar-refractivity contribution < 1.29 is 94.2 Å². The number of allylic oxidation sites excluding steroid dienone is 12. The van der Waals surface area contributed by atoms with E-state index in [1.165, 1.54) is 6.92 Å². The molecule has 3 rings (SSSR count). The summed E-state index contributed by atoms with van der Waals surface area (Å²) < 4.78 is 28.2. The van der Waals surface area contributed by atoms with Gasteiger partial charge in [-0.05, 0) is 33.1 Å². The van der Waals surface area contributed by atoms with E-state index in [0.717, 1.165) is 7.11 Å². The molecule has 3 aliphatic heterocycles. The monoisotopic (exact) mass is 1050 g/mol. The molecule has 0 aromatic heterocycles. The van der Waals surface area contributed by atoms with Crippen molar-refractivity contribution in [1.82, 2.24) is 10.6 Å². The van der Waals surface area contributed by atoms with Crippen molar-refractivity contribution in [2.24, 2.45) is 17.6 Å². The fourth-order valence-corrected chi connectivity index (χ4v) is 8.61. The Morgan fingerprint density at radius 2 is 1.32 bits per heavy atom. The normalized spacial score (nSPS) is 41.7. The molecule has 2 saturated heterocycles. The van der Waals surface area contributed by atoms with E-state index in [9.17, 15) is 70.6 Å². The molecule has 0 aromatic rings. The molecule has 22 heteroatoms. The number of carbonyl (C=O) groups is 3. The number of urea groups is 1. The van der Waals surface area contributed by atoms with Crippen molar-refractivity contribution in [1.29, 1.82) is 0 Å². The van der Waals surface area contributed by atoms with Gasteiger partial charge in [0.05, 0.1) is 92.8 Å². The number of carbonyl (C=O) groups excluding carboxylic acids is 3. The van der Waals surface area contributed by atoms with Gasteiger partial charge in [-0.3, -0.25) is 4.79 Å². The molecule has 2 fully saturated rings. The van der Waals surface area contributed by atoms with Crippen LogP contribution >= 0.6 is 0 Å². The number of esters is 2. The number of rotatable bonds is 7. The van der Waals surface area contributed by atoms with Crippen LogP contribution in [0, 0.1) is 11.8 Å². The molecule has 2 amide bonds. The molecule has 0 spiro atoms. The number of hydrogen-bond acceptors (Lipinski definition) is 20. The highest BCUT2D eigenvalue weighted by Gasteiger charge is 2.49. The maximum Gasteiger partial charge on any atom is 0.334 e. The average Bonchev–Trinajstić information content (AvgIpc) is 3.33. The summed E-state index contributed by atoms with van der Waals surface area (Å²) in [6, 6.07) is -3.34. The van der Waals surface area contributed by atoms with Crippen LogP contribution in [-0.2, 0) is 33.3 Å². The van der Waals surface area contributed by atoms with E-state index in [0.29, 0.717) is 0 Å². The van der Waals surface area contributed by atoms with E-state index in [4.69, 9.17) is 24.7 Å². The number of ether oxygens (including phenoxy) is 5. The molecule has 420 valence electrons. The maximum absolute atomic E-state index is 13.2. The van der Waals surface area contributed by atoms with Gasteiger partial charge in [-0.2, -0.15) is 0 Å². The van der Waals surface area contributed by atoms with Gasteiger partial charge < -0.3 is 96.2 Å². The Morgan fingerprint density at radius 1 is 0.730 bits per heavy atom. The molecule has 3 aliphatic rings. The molecule has 3 heterocycles. The zero-order chi connectivity index (χ0) is 55.1. The number of hydrogen-bond donors (Lipinski definition) is 14. The van der Waals surface area contributed by atoms with E-state index in [2.05, 4.69) is 15.4 Å². The number of fused-ring (bicyclic) bond motifs is 2. The Balaban J connectivity index is 1.94. The van der Waals surface area contributed by atoms with Gasteiger partial charge >= 0.3 is 18.0 Å². The molecule has 0 aromatic carbocycles. The molecule has 22 nitrogen and oxygen atoms in total. The zero-order valence-corrected chi connectivity index (χ0v) is 42.9. The van der Waals surface area contributed by atoms with Gasteiger partial charge in [0.25, 0.3) is 0 Å². The van der Waals surface area contributed by atoms with Crippen molar-refractivity contribution >= 4 is 18.0 Å². The Bertz CT molecular complexity index is 1910. The lowest BCUT2D eigenvalue weighted by atomic mass is 9.87. The number of amides is 2. The second-order valence-corrected chi connectivity index (χ2v) is 19.5. The minimum atomic E-state index is -2.33. The molecule has 0 unspecified atom stereocenters. The van der Waals surface area contributed by atoms with Crippen LogP contribution in [-0.4, -0.2) is 197 Å². The van der Waals surface area contributed by atoms with Crippen molar-refractivity contribution in [3.05, 3.63) is 85.1 Å². The molecule has 74 heavy (non-hydrogen) atoms. The highest BCUT2D eigenvalue weighted by Crippen LogP contribution is 2.35. The fraction of sp³-hybridized carbons (Fsp3) is 0.673. The van der Waals surface area contributed by atoms with Gasteiger partial charge in [-0.15, -0.1) is 0 Å². The first kappa shape index (κ1) is 64.1. The molecule has 20 atom stereocenters. The third-order valence-corrected chi connectivity index (χ3v) is 13.2. The van der Waals surface area contributed by atoms with Gasteiger partial charge in [0.2, 0.25) is 0 Å². The number of aliphatic hydroxyl groups excluding tert-OH is 10. The average molecular weight is 1050 g/mol. The Kier molecular flexibility index (Phi) is 28.0. The van der Waals surface area contributed by atoms with Gasteiger partial charge in [-0.1, -0.05) is 98.9 Å². The molecule has 2 bridgehead atoms. The van der Waals surface area contributed by atoms with Crippen LogP contribution in [0.25, 0.3) is 0 Å². The first-order valence-corrected chi connectivity index (χ1v) is 25.2.